The molecule has 0 saturated carbocycles. The first-order valence-electron chi connectivity index (χ1n) is 7.21. The number of rotatable bonds is 3. The fraction of sp³-hybridized carbons (Fsp3) is 0.571. The number of nitrogens with zero attached hydrogens (tertiary/aromatic N) is 3. The predicted molar refractivity (Wildman–Crippen MR) is 77.8 cm³/mol. The molecule has 1 aliphatic rings. The second kappa shape index (κ2) is 5.20. The topological polar surface area (TPSA) is 89.4 Å². The van der Waals surface area contributed by atoms with Gasteiger partial charge in [0.1, 0.15) is 16.3 Å². The van der Waals surface area contributed by atoms with Gasteiger partial charge in [0.25, 0.3) is 0 Å². The van der Waals surface area contributed by atoms with Crippen LogP contribution in [0, 0.1) is 27.7 Å². The minimum atomic E-state index is -3.66. The van der Waals surface area contributed by atoms with Crippen LogP contribution in [0.25, 0.3) is 0 Å². The minimum absolute atomic E-state index is 0.172. The Hall–Kier alpha value is -1.67. The van der Waals surface area contributed by atoms with Crippen LogP contribution in [0.4, 0.5) is 0 Å². The van der Waals surface area contributed by atoms with Gasteiger partial charge in [0.2, 0.25) is 10.0 Å². The van der Waals surface area contributed by atoms with Crippen molar-refractivity contribution < 1.29 is 17.5 Å². The molecule has 0 aliphatic carbocycles. The van der Waals surface area contributed by atoms with Crippen LogP contribution < -0.4 is 0 Å². The molecule has 120 valence electrons. The van der Waals surface area contributed by atoms with Crippen LogP contribution in [-0.2, 0) is 10.0 Å². The van der Waals surface area contributed by atoms with Crippen LogP contribution >= 0.6 is 0 Å². The summed E-state index contributed by atoms with van der Waals surface area (Å²) in [5.74, 6) is 0.991. The summed E-state index contributed by atoms with van der Waals surface area (Å²) < 4.78 is 37.8. The van der Waals surface area contributed by atoms with Gasteiger partial charge in [0, 0.05) is 12.1 Å². The van der Waals surface area contributed by atoms with Crippen molar-refractivity contribution in [2.75, 3.05) is 6.54 Å². The molecular weight excluding hydrogens is 306 g/mol. The van der Waals surface area contributed by atoms with E-state index in [9.17, 15) is 8.42 Å². The third-order valence-corrected chi connectivity index (χ3v) is 6.31. The molecule has 0 amide bonds. The fourth-order valence-corrected chi connectivity index (χ4v) is 5.20. The Morgan fingerprint density at radius 3 is 2.23 bits per heavy atom. The Balaban J connectivity index is 2.07. The van der Waals surface area contributed by atoms with Gasteiger partial charge in [0.15, 0.2) is 5.76 Å². The van der Waals surface area contributed by atoms with Crippen molar-refractivity contribution in [3.63, 3.8) is 0 Å². The van der Waals surface area contributed by atoms with Crippen molar-refractivity contribution >= 4 is 10.0 Å². The maximum Gasteiger partial charge on any atom is 0.249 e. The summed E-state index contributed by atoms with van der Waals surface area (Å²) in [7, 11) is -3.66. The minimum Gasteiger partial charge on any atom is -0.361 e. The summed E-state index contributed by atoms with van der Waals surface area (Å²) in [4.78, 5) is 0.172. The van der Waals surface area contributed by atoms with E-state index in [4.69, 9.17) is 9.05 Å². The lowest BCUT2D eigenvalue weighted by atomic mass is 10.0. The van der Waals surface area contributed by atoms with Gasteiger partial charge in [-0.25, -0.2) is 8.42 Å². The van der Waals surface area contributed by atoms with Gasteiger partial charge in [-0.1, -0.05) is 10.3 Å². The molecule has 8 heteroatoms. The first-order valence-corrected chi connectivity index (χ1v) is 8.65. The molecule has 2 aromatic rings. The second-order valence-corrected chi connectivity index (χ2v) is 7.49. The lowest BCUT2D eigenvalue weighted by Gasteiger charge is -2.23. The van der Waals surface area contributed by atoms with Gasteiger partial charge >= 0.3 is 0 Å². The third kappa shape index (κ3) is 2.17. The summed E-state index contributed by atoms with van der Waals surface area (Å²) in [6.45, 7) is 7.39. The monoisotopic (exact) mass is 325 g/mol. The molecule has 0 radical (unpaired) electrons. The summed E-state index contributed by atoms with van der Waals surface area (Å²) in [6, 6.07) is -0.245. The van der Waals surface area contributed by atoms with Crippen molar-refractivity contribution in [1.29, 1.82) is 0 Å². The molecule has 1 aliphatic heterocycles. The van der Waals surface area contributed by atoms with Crippen LogP contribution in [0.2, 0.25) is 0 Å². The SMILES string of the molecule is Cc1noc(C)c1[C@@H]1CCCN1S(=O)(=O)c1c(C)noc1C. The molecule has 2 aromatic heterocycles. The van der Waals surface area contributed by atoms with E-state index in [-0.39, 0.29) is 10.9 Å². The summed E-state index contributed by atoms with van der Waals surface area (Å²) in [5.41, 5.74) is 2.00. The molecular formula is C14H19N3O4S. The Kier molecular flexibility index (Phi) is 3.60. The van der Waals surface area contributed by atoms with E-state index in [0.717, 1.165) is 24.1 Å². The highest BCUT2D eigenvalue weighted by molar-refractivity contribution is 7.89. The first kappa shape index (κ1) is 15.2. The molecule has 22 heavy (non-hydrogen) atoms. The fourth-order valence-electron chi connectivity index (χ4n) is 3.24. The molecule has 0 bridgehead atoms. The van der Waals surface area contributed by atoms with Crippen LogP contribution in [0.5, 0.6) is 0 Å². The molecule has 0 aromatic carbocycles. The average molecular weight is 325 g/mol. The van der Waals surface area contributed by atoms with E-state index in [1.165, 1.54) is 4.31 Å². The molecule has 0 spiro atoms. The zero-order valence-electron chi connectivity index (χ0n) is 13.1. The van der Waals surface area contributed by atoms with Crippen LogP contribution in [0.15, 0.2) is 13.9 Å². The van der Waals surface area contributed by atoms with E-state index in [2.05, 4.69) is 10.3 Å². The van der Waals surface area contributed by atoms with E-state index < -0.39 is 10.0 Å². The lowest BCUT2D eigenvalue weighted by Crippen LogP contribution is -2.31. The highest BCUT2D eigenvalue weighted by Gasteiger charge is 2.41. The Labute approximate surface area is 129 Å². The Bertz CT molecular complexity index is 767. The molecule has 7 nitrogen and oxygen atoms in total. The van der Waals surface area contributed by atoms with E-state index in [0.29, 0.717) is 23.8 Å². The maximum absolute atomic E-state index is 13.0. The summed E-state index contributed by atoms with van der Waals surface area (Å²) in [6.07, 6.45) is 1.56. The second-order valence-electron chi connectivity index (χ2n) is 5.66. The molecule has 3 rings (SSSR count). The molecule has 0 N–H and O–H groups in total. The summed E-state index contributed by atoms with van der Waals surface area (Å²) >= 11 is 0. The Morgan fingerprint density at radius 1 is 1.05 bits per heavy atom. The van der Waals surface area contributed by atoms with Crippen molar-refractivity contribution in [2.24, 2.45) is 0 Å². The van der Waals surface area contributed by atoms with Gasteiger partial charge < -0.3 is 9.05 Å². The number of aromatic nitrogens is 2. The number of hydrogen-bond donors (Lipinski definition) is 0. The maximum atomic E-state index is 13.0. The van der Waals surface area contributed by atoms with E-state index >= 15 is 0 Å². The molecule has 1 fully saturated rings. The van der Waals surface area contributed by atoms with Gasteiger partial charge in [-0.05, 0) is 40.5 Å². The summed E-state index contributed by atoms with van der Waals surface area (Å²) in [5, 5.41) is 7.71. The standard InChI is InChI=1S/C14H19N3O4S/c1-8-13(10(3)20-15-8)12-6-5-7-17(12)22(18,19)14-9(2)16-21-11(14)4/h12H,5-7H2,1-4H3/t12-/m0/s1. The lowest BCUT2D eigenvalue weighted by molar-refractivity contribution is 0.373. The van der Waals surface area contributed by atoms with Gasteiger partial charge in [0.05, 0.1) is 11.7 Å². The normalized spacial score (nSPS) is 19.9. The van der Waals surface area contributed by atoms with Crippen LogP contribution in [0.3, 0.4) is 0 Å². The zero-order chi connectivity index (χ0) is 16.1. The predicted octanol–water partition coefficient (Wildman–Crippen LogP) is 2.42. The quantitative estimate of drug-likeness (QED) is 0.861. The number of hydrogen-bond acceptors (Lipinski definition) is 6. The molecule has 0 unspecified atom stereocenters. The molecule has 3 heterocycles. The van der Waals surface area contributed by atoms with Crippen LogP contribution in [0.1, 0.15) is 47.4 Å². The highest BCUT2D eigenvalue weighted by atomic mass is 32.2. The first-order chi connectivity index (χ1) is 10.3. The average Bonchev–Trinajstić information content (AvgIpc) is 3.11. The number of aryl methyl sites for hydroxylation is 4. The van der Waals surface area contributed by atoms with E-state index in [1.807, 2.05) is 13.8 Å². The van der Waals surface area contributed by atoms with E-state index in [1.54, 1.807) is 13.8 Å². The highest BCUT2D eigenvalue weighted by Crippen LogP contribution is 2.40. The van der Waals surface area contributed by atoms with Crippen molar-refractivity contribution in [1.82, 2.24) is 14.6 Å². The van der Waals surface area contributed by atoms with Crippen molar-refractivity contribution in [2.45, 2.75) is 51.5 Å². The van der Waals surface area contributed by atoms with Crippen LogP contribution in [-0.4, -0.2) is 29.6 Å². The number of sulfonamides is 1. The Morgan fingerprint density at radius 2 is 1.68 bits per heavy atom. The van der Waals surface area contributed by atoms with Gasteiger partial charge in [-0.2, -0.15) is 4.31 Å². The van der Waals surface area contributed by atoms with Gasteiger partial charge in [-0.3, -0.25) is 0 Å². The third-order valence-electron chi connectivity index (χ3n) is 4.16. The van der Waals surface area contributed by atoms with Crippen molar-refractivity contribution in [3.8, 4) is 0 Å². The van der Waals surface area contributed by atoms with Crippen molar-refractivity contribution in [3.05, 3.63) is 28.5 Å². The molecule has 1 atom stereocenters. The molecule has 1 saturated heterocycles. The largest absolute Gasteiger partial charge is 0.361 e. The zero-order valence-corrected chi connectivity index (χ0v) is 13.9. The van der Waals surface area contributed by atoms with Gasteiger partial charge in [-0.15, -0.1) is 0 Å². The smallest absolute Gasteiger partial charge is 0.249 e.